The molecule has 1 aliphatic heterocycles. The first kappa shape index (κ1) is 22.7. The third kappa shape index (κ3) is 3.93. The van der Waals surface area contributed by atoms with Gasteiger partial charge in [-0.2, -0.15) is 5.10 Å². The van der Waals surface area contributed by atoms with Crippen LogP contribution in [0.3, 0.4) is 0 Å². The lowest BCUT2D eigenvalue weighted by atomic mass is 9.95. The van der Waals surface area contributed by atoms with E-state index in [0.29, 0.717) is 20.6 Å². The van der Waals surface area contributed by atoms with E-state index in [4.69, 9.17) is 4.74 Å². The Morgan fingerprint density at radius 2 is 1.94 bits per heavy atom. The van der Waals surface area contributed by atoms with Crippen molar-refractivity contribution in [3.63, 3.8) is 0 Å². The van der Waals surface area contributed by atoms with Crippen LogP contribution in [-0.4, -0.2) is 41.5 Å². The minimum atomic E-state index is -0.619. The van der Waals surface area contributed by atoms with Gasteiger partial charge in [-0.3, -0.25) is 14.0 Å². The number of carbonyl (C=O) groups is 1. The topological polar surface area (TPSA) is 81.7 Å². The van der Waals surface area contributed by atoms with Gasteiger partial charge in [0.2, 0.25) is 0 Å². The lowest BCUT2D eigenvalue weighted by Crippen LogP contribution is -2.39. The lowest BCUT2D eigenvalue weighted by molar-refractivity contribution is -0.136. The molecular weight excluding hydrogens is 438 g/mol. The number of thiazole rings is 1. The SMILES string of the molecule is CCn1ncc(/C=c2\sc3n(c2=O)C(c2ccc(N(C)C)cc2)C(C(=O)OC)=C(C)N=3)c1C. The van der Waals surface area contributed by atoms with Crippen molar-refractivity contribution < 1.29 is 9.53 Å². The predicted molar refractivity (Wildman–Crippen MR) is 129 cm³/mol. The number of nitrogens with zero attached hydrogens (tertiary/aromatic N) is 5. The number of allylic oxidation sites excluding steroid dienone is 1. The minimum absolute atomic E-state index is 0.196. The summed E-state index contributed by atoms with van der Waals surface area (Å²) in [7, 11) is 5.27. The number of anilines is 1. The Morgan fingerprint density at radius 3 is 2.52 bits per heavy atom. The second-order valence-corrected chi connectivity index (χ2v) is 9.07. The summed E-state index contributed by atoms with van der Waals surface area (Å²) in [6.07, 6.45) is 3.61. The van der Waals surface area contributed by atoms with Crippen molar-refractivity contribution in [3.8, 4) is 0 Å². The molecule has 8 nitrogen and oxygen atoms in total. The number of benzene rings is 1. The average molecular weight is 466 g/mol. The summed E-state index contributed by atoms with van der Waals surface area (Å²) in [6, 6.07) is 7.20. The van der Waals surface area contributed by atoms with Crippen LogP contribution < -0.4 is 19.8 Å². The maximum atomic E-state index is 13.6. The van der Waals surface area contributed by atoms with Crippen molar-refractivity contribution in [2.45, 2.75) is 33.4 Å². The Kier molecular flexibility index (Phi) is 6.07. The molecule has 9 heteroatoms. The molecule has 0 aliphatic carbocycles. The van der Waals surface area contributed by atoms with Gasteiger partial charge in [-0.25, -0.2) is 9.79 Å². The molecule has 33 heavy (non-hydrogen) atoms. The number of aryl methyl sites for hydroxylation is 1. The van der Waals surface area contributed by atoms with Gasteiger partial charge in [0, 0.05) is 37.6 Å². The second-order valence-electron chi connectivity index (χ2n) is 8.06. The number of carbonyl (C=O) groups excluding carboxylic acids is 1. The van der Waals surface area contributed by atoms with E-state index in [0.717, 1.165) is 29.1 Å². The van der Waals surface area contributed by atoms with Crippen molar-refractivity contribution in [2.24, 2.45) is 4.99 Å². The van der Waals surface area contributed by atoms with Crippen LogP contribution >= 0.6 is 11.3 Å². The largest absolute Gasteiger partial charge is 0.466 e. The molecular formula is C24H27N5O3S. The zero-order chi connectivity index (χ0) is 23.9. The van der Waals surface area contributed by atoms with E-state index in [1.807, 2.05) is 67.9 Å². The first-order valence-electron chi connectivity index (χ1n) is 10.7. The Balaban J connectivity index is 1.94. The van der Waals surface area contributed by atoms with Crippen LogP contribution in [0, 0.1) is 6.92 Å². The zero-order valence-electron chi connectivity index (χ0n) is 19.6. The first-order valence-corrected chi connectivity index (χ1v) is 11.5. The van der Waals surface area contributed by atoms with Crippen molar-refractivity contribution >= 4 is 29.1 Å². The molecule has 0 amide bonds. The highest BCUT2D eigenvalue weighted by molar-refractivity contribution is 7.07. The predicted octanol–water partition coefficient (Wildman–Crippen LogP) is 2.00. The highest BCUT2D eigenvalue weighted by Crippen LogP contribution is 2.31. The number of methoxy groups -OCH3 is 1. The number of hydrogen-bond donors (Lipinski definition) is 0. The number of esters is 1. The Hall–Kier alpha value is -3.46. The Labute approximate surface area is 195 Å². The van der Waals surface area contributed by atoms with Gasteiger partial charge in [-0.1, -0.05) is 23.5 Å². The van der Waals surface area contributed by atoms with Gasteiger partial charge < -0.3 is 9.64 Å². The fraction of sp³-hybridized carbons (Fsp3) is 0.333. The lowest BCUT2D eigenvalue weighted by Gasteiger charge is -2.25. The monoisotopic (exact) mass is 465 g/mol. The summed E-state index contributed by atoms with van der Waals surface area (Å²) < 4.78 is 9.09. The standard InChI is InChI=1S/C24H27N5O3S/c1-7-28-15(3)17(13-25-28)12-19-22(30)29-21(16-8-10-18(11-9-16)27(4)5)20(23(31)32-6)14(2)26-24(29)33-19/h8-13,21H,7H2,1-6H3/b19-12-. The number of fused-ring (bicyclic) bond motifs is 1. The second kappa shape index (κ2) is 8.82. The molecule has 0 radical (unpaired) electrons. The van der Waals surface area contributed by atoms with Gasteiger partial charge in [-0.15, -0.1) is 0 Å². The summed E-state index contributed by atoms with van der Waals surface area (Å²) >= 11 is 1.31. The van der Waals surface area contributed by atoms with E-state index < -0.39 is 12.0 Å². The van der Waals surface area contributed by atoms with Crippen LogP contribution in [0.15, 0.2) is 51.5 Å². The molecule has 0 saturated heterocycles. The summed E-state index contributed by atoms with van der Waals surface area (Å²) in [5.74, 6) is -0.493. The molecule has 3 aromatic rings. The third-order valence-corrected chi connectivity index (χ3v) is 6.86. The maximum Gasteiger partial charge on any atom is 0.338 e. The number of rotatable bonds is 5. The molecule has 1 aromatic carbocycles. The first-order chi connectivity index (χ1) is 15.8. The molecule has 3 heterocycles. The smallest absolute Gasteiger partial charge is 0.338 e. The molecule has 2 aromatic heterocycles. The molecule has 0 bridgehead atoms. The van der Waals surface area contributed by atoms with Crippen LogP contribution in [0.4, 0.5) is 5.69 Å². The van der Waals surface area contributed by atoms with Crippen LogP contribution in [0.25, 0.3) is 6.08 Å². The average Bonchev–Trinajstić information content (AvgIpc) is 3.31. The quantitative estimate of drug-likeness (QED) is 0.539. The molecule has 1 unspecified atom stereocenters. The molecule has 1 atom stereocenters. The van der Waals surface area contributed by atoms with Crippen molar-refractivity contribution in [1.29, 1.82) is 0 Å². The number of aromatic nitrogens is 3. The van der Waals surface area contributed by atoms with Crippen molar-refractivity contribution in [2.75, 3.05) is 26.1 Å². The van der Waals surface area contributed by atoms with Gasteiger partial charge in [0.15, 0.2) is 4.80 Å². The number of hydrogen-bond acceptors (Lipinski definition) is 7. The fourth-order valence-electron chi connectivity index (χ4n) is 4.03. The third-order valence-electron chi connectivity index (χ3n) is 5.88. The van der Waals surface area contributed by atoms with Gasteiger partial charge in [0.25, 0.3) is 5.56 Å². The molecule has 4 rings (SSSR count). The molecule has 0 spiro atoms. The van der Waals surface area contributed by atoms with E-state index in [1.54, 1.807) is 17.7 Å². The van der Waals surface area contributed by atoms with Gasteiger partial charge in [-0.05, 0) is 44.5 Å². The fourth-order valence-corrected chi connectivity index (χ4v) is 5.06. The molecule has 0 N–H and O–H groups in total. The zero-order valence-corrected chi connectivity index (χ0v) is 20.4. The normalized spacial score (nSPS) is 15.9. The summed E-state index contributed by atoms with van der Waals surface area (Å²) in [5.41, 5.74) is 4.43. The molecule has 1 aliphatic rings. The maximum absolute atomic E-state index is 13.6. The van der Waals surface area contributed by atoms with Crippen LogP contribution in [0.1, 0.15) is 36.7 Å². The molecule has 0 fully saturated rings. The molecule has 172 valence electrons. The molecule has 0 saturated carbocycles. The van der Waals surface area contributed by atoms with Gasteiger partial charge in [0.1, 0.15) is 0 Å². The van der Waals surface area contributed by atoms with Crippen molar-refractivity contribution in [3.05, 3.63) is 78.2 Å². The highest BCUT2D eigenvalue weighted by Gasteiger charge is 2.33. The Morgan fingerprint density at radius 1 is 1.24 bits per heavy atom. The van der Waals surface area contributed by atoms with Gasteiger partial charge in [0.05, 0.1) is 35.2 Å². The van der Waals surface area contributed by atoms with E-state index in [2.05, 4.69) is 10.1 Å². The van der Waals surface area contributed by atoms with E-state index >= 15 is 0 Å². The highest BCUT2D eigenvalue weighted by atomic mass is 32.1. The minimum Gasteiger partial charge on any atom is -0.466 e. The van der Waals surface area contributed by atoms with E-state index in [1.165, 1.54) is 18.4 Å². The van der Waals surface area contributed by atoms with Crippen LogP contribution in [-0.2, 0) is 16.1 Å². The van der Waals surface area contributed by atoms with Crippen molar-refractivity contribution in [1.82, 2.24) is 14.3 Å². The van der Waals surface area contributed by atoms with Gasteiger partial charge >= 0.3 is 5.97 Å². The van der Waals surface area contributed by atoms with E-state index in [-0.39, 0.29) is 5.56 Å². The van der Waals surface area contributed by atoms with Crippen LogP contribution in [0.5, 0.6) is 0 Å². The summed E-state index contributed by atoms with van der Waals surface area (Å²) in [5, 5.41) is 4.37. The Bertz CT molecular complexity index is 1420. The van der Waals surface area contributed by atoms with E-state index in [9.17, 15) is 9.59 Å². The summed E-state index contributed by atoms with van der Waals surface area (Å²) in [6.45, 7) is 6.54. The summed E-state index contributed by atoms with van der Waals surface area (Å²) in [4.78, 5) is 33.5. The number of ether oxygens (including phenoxy) is 1. The van der Waals surface area contributed by atoms with Crippen LogP contribution in [0.2, 0.25) is 0 Å².